The second-order valence-electron chi connectivity index (χ2n) is 3.67. The largest absolute Gasteiger partial charge is 0.493 e. The molecule has 4 heteroatoms. The summed E-state index contributed by atoms with van der Waals surface area (Å²) in [5.74, 6) is 1.15. The lowest BCUT2D eigenvalue weighted by molar-refractivity contribution is 0.376. The van der Waals surface area contributed by atoms with Gasteiger partial charge in [0.05, 0.1) is 7.11 Å². The first kappa shape index (κ1) is 12.4. The molecule has 18 heavy (non-hydrogen) atoms. The van der Waals surface area contributed by atoms with Crippen LogP contribution in [0.4, 0.5) is 4.39 Å². The number of hydrogen-bond donors (Lipinski definition) is 1. The van der Waals surface area contributed by atoms with Crippen molar-refractivity contribution < 1.29 is 13.9 Å². The van der Waals surface area contributed by atoms with Crippen molar-refractivity contribution in [1.29, 1.82) is 0 Å². The molecule has 0 amide bonds. The van der Waals surface area contributed by atoms with E-state index in [1.165, 1.54) is 6.07 Å². The second kappa shape index (κ2) is 5.51. The molecule has 0 bridgehead atoms. The van der Waals surface area contributed by atoms with Gasteiger partial charge >= 0.3 is 0 Å². The number of nitrogens with two attached hydrogens (primary N) is 1. The molecule has 0 atom stereocenters. The quantitative estimate of drug-likeness (QED) is 0.903. The highest BCUT2D eigenvalue weighted by Gasteiger charge is 2.10. The van der Waals surface area contributed by atoms with Crippen LogP contribution in [0.3, 0.4) is 0 Å². The third kappa shape index (κ3) is 2.43. The van der Waals surface area contributed by atoms with Crippen LogP contribution >= 0.6 is 0 Å². The van der Waals surface area contributed by atoms with Crippen molar-refractivity contribution in [2.24, 2.45) is 5.73 Å². The molecule has 2 N–H and O–H groups in total. The average Bonchev–Trinajstić information content (AvgIpc) is 2.40. The SMILES string of the molecule is COc1ccccc1Oc1cccc(F)c1CN. The Kier molecular flexibility index (Phi) is 3.79. The van der Waals surface area contributed by atoms with Crippen molar-refractivity contribution in [3.8, 4) is 17.2 Å². The smallest absolute Gasteiger partial charge is 0.169 e. The highest BCUT2D eigenvalue weighted by molar-refractivity contribution is 5.45. The minimum Gasteiger partial charge on any atom is -0.493 e. The van der Waals surface area contributed by atoms with Crippen LogP contribution in [-0.4, -0.2) is 7.11 Å². The number of rotatable bonds is 4. The number of hydrogen-bond acceptors (Lipinski definition) is 3. The second-order valence-corrected chi connectivity index (χ2v) is 3.67. The summed E-state index contributed by atoms with van der Waals surface area (Å²) in [4.78, 5) is 0. The molecule has 0 saturated heterocycles. The van der Waals surface area contributed by atoms with Gasteiger partial charge in [-0.25, -0.2) is 4.39 Å². The van der Waals surface area contributed by atoms with E-state index in [9.17, 15) is 4.39 Å². The number of para-hydroxylation sites is 2. The van der Waals surface area contributed by atoms with Gasteiger partial charge in [-0.1, -0.05) is 18.2 Å². The lowest BCUT2D eigenvalue weighted by atomic mass is 10.2. The monoisotopic (exact) mass is 247 g/mol. The highest BCUT2D eigenvalue weighted by Crippen LogP contribution is 2.33. The molecule has 0 spiro atoms. The van der Waals surface area contributed by atoms with Crippen LogP contribution in [0.2, 0.25) is 0 Å². The maximum atomic E-state index is 13.5. The lowest BCUT2D eigenvalue weighted by Crippen LogP contribution is -2.02. The predicted octanol–water partition coefficient (Wildman–Crippen LogP) is 3.09. The molecule has 0 heterocycles. The van der Waals surface area contributed by atoms with Crippen LogP contribution < -0.4 is 15.2 Å². The zero-order valence-corrected chi connectivity index (χ0v) is 10.0. The average molecular weight is 247 g/mol. The molecule has 2 rings (SSSR count). The van der Waals surface area contributed by atoms with Gasteiger partial charge in [0, 0.05) is 12.1 Å². The Labute approximate surface area is 105 Å². The molecule has 3 nitrogen and oxygen atoms in total. The summed E-state index contributed by atoms with van der Waals surface area (Å²) in [6, 6.07) is 11.8. The van der Waals surface area contributed by atoms with Crippen molar-refractivity contribution in [3.63, 3.8) is 0 Å². The molecule has 2 aromatic carbocycles. The maximum Gasteiger partial charge on any atom is 0.169 e. The van der Waals surface area contributed by atoms with E-state index in [2.05, 4.69) is 0 Å². The summed E-state index contributed by atoms with van der Waals surface area (Å²) >= 11 is 0. The van der Waals surface area contributed by atoms with E-state index in [1.807, 2.05) is 12.1 Å². The normalized spacial score (nSPS) is 10.2. The van der Waals surface area contributed by atoms with Gasteiger partial charge in [0.1, 0.15) is 11.6 Å². The fourth-order valence-corrected chi connectivity index (χ4v) is 1.65. The van der Waals surface area contributed by atoms with E-state index in [4.69, 9.17) is 15.2 Å². The fraction of sp³-hybridized carbons (Fsp3) is 0.143. The standard InChI is InChI=1S/C14H14FNO2/c1-17-13-6-2-3-7-14(13)18-12-8-4-5-11(15)10(12)9-16/h2-8H,9,16H2,1H3. The molecule has 0 aliphatic rings. The van der Waals surface area contributed by atoms with Gasteiger partial charge < -0.3 is 15.2 Å². The molecule has 0 fully saturated rings. The zero-order valence-electron chi connectivity index (χ0n) is 10.0. The molecule has 0 radical (unpaired) electrons. The van der Waals surface area contributed by atoms with Crippen molar-refractivity contribution in [3.05, 3.63) is 53.8 Å². The summed E-state index contributed by atoms with van der Waals surface area (Å²) in [5, 5.41) is 0. The molecule has 2 aromatic rings. The molecular weight excluding hydrogens is 233 g/mol. The Morgan fingerprint density at radius 3 is 2.33 bits per heavy atom. The van der Waals surface area contributed by atoms with Crippen LogP contribution in [0.1, 0.15) is 5.56 Å². The third-order valence-electron chi connectivity index (χ3n) is 2.57. The van der Waals surface area contributed by atoms with E-state index in [0.29, 0.717) is 22.8 Å². The molecule has 0 aliphatic carbocycles. The molecule has 0 unspecified atom stereocenters. The summed E-state index contributed by atoms with van der Waals surface area (Å²) in [5.41, 5.74) is 5.87. The highest BCUT2D eigenvalue weighted by atomic mass is 19.1. The summed E-state index contributed by atoms with van der Waals surface area (Å²) < 4.78 is 24.4. The van der Waals surface area contributed by atoms with Crippen LogP contribution in [0.5, 0.6) is 17.2 Å². The minimum absolute atomic E-state index is 0.0805. The molecule has 0 saturated carbocycles. The van der Waals surface area contributed by atoms with E-state index < -0.39 is 0 Å². The van der Waals surface area contributed by atoms with E-state index in [-0.39, 0.29) is 12.4 Å². The third-order valence-corrected chi connectivity index (χ3v) is 2.57. The van der Waals surface area contributed by atoms with Gasteiger partial charge in [-0.3, -0.25) is 0 Å². The van der Waals surface area contributed by atoms with Gasteiger partial charge in [-0.05, 0) is 24.3 Å². The number of benzene rings is 2. The van der Waals surface area contributed by atoms with Crippen LogP contribution in [0.25, 0.3) is 0 Å². The summed E-state index contributed by atoms with van der Waals surface area (Å²) in [7, 11) is 1.55. The predicted molar refractivity (Wildman–Crippen MR) is 67.4 cm³/mol. The Bertz CT molecular complexity index is 543. The van der Waals surface area contributed by atoms with Crippen molar-refractivity contribution >= 4 is 0 Å². The number of ether oxygens (including phenoxy) is 2. The number of halogens is 1. The molecule has 94 valence electrons. The lowest BCUT2D eigenvalue weighted by Gasteiger charge is -2.13. The Balaban J connectivity index is 2.37. The van der Waals surface area contributed by atoms with Gasteiger partial charge in [0.15, 0.2) is 11.5 Å². The minimum atomic E-state index is -0.370. The van der Waals surface area contributed by atoms with Gasteiger partial charge in [0.2, 0.25) is 0 Å². The first-order valence-corrected chi connectivity index (χ1v) is 5.54. The number of methoxy groups -OCH3 is 1. The van der Waals surface area contributed by atoms with E-state index in [1.54, 1.807) is 31.4 Å². The van der Waals surface area contributed by atoms with E-state index in [0.717, 1.165) is 0 Å². The van der Waals surface area contributed by atoms with Gasteiger partial charge in [0.25, 0.3) is 0 Å². The Morgan fingerprint density at radius 1 is 1.00 bits per heavy atom. The first-order valence-electron chi connectivity index (χ1n) is 5.54. The Hall–Kier alpha value is -2.07. The van der Waals surface area contributed by atoms with E-state index >= 15 is 0 Å². The van der Waals surface area contributed by atoms with Crippen molar-refractivity contribution in [2.45, 2.75) is 6.54 Å². The van der Waals surface area contributed by atoms with Crippen LogP contribution in [0, 0.1) is 5.82 Å². The fourth-order valence-electron chi connectivity index (χ4n) is 1.65. The Morgan fingerprint density at radius 2 is 1.67 bits per heavy atom. The summed E-state index contributed by atoms with van der Waals surface area (Å²) in [6.45, 7) is 0.0805. The molecular formula is C14H14FNO2. The molecule has 0 aromatic heterocycles. The van der Waals surface area contributed by atoms with Gasteiger partial charge in [-0.15, -0.1) is 0 Å². The topological polar surface area (TPSA) is 44.5 Å². The molecule has 0 aliphatic heterocycles. The first-order chi connectivity index (χ1) is 8.76. The maximum absolute atomic E-state index is 13.5. The van der Waals surface area contributed by atoms with Crippen molar-refractivity contribution in [1.82, 2.24) is 0 Å². The van der Waals surface area contributed by atoms with Crippen LogP contribution in [0.15, 0.2) is 42.5 Å². The summed E-state index contributed by atoms with van der Waals surface area (Å²) in [6.07, 6.45) is 0. The van der Waals surface area contributed by atoms with Crippen LogP contribution in [-0.2, 0) is 6.54 Å². The van der Waals surface area contributed by atoms with Gasteiger partial charge in [-0.2, -0.15) is 0 Å². The van der Waals surface area contributed by atoms with Crippen molar-refractivity contribution in [2.75, 3.05) is 7.11 Å². The zero-order chi connectivity index (χ0) is 13.0.